The molecule has 1 saturated carbocycles. The minimum atomic E-state index is 0.605. The topological polar surface area (TPSA) is 12.4 Å². The lowest BCUT2D eigenvalue weighted by atomic mass is 10.0. The summed E-state index contributed by atoms with van der Waals surface area (Å²) >= 11 is 5.96. The summed E-state index contributed by atoms with van der Waals surface area (Å²) in [7, 11) is 1.88. The minimum absolute atomic E-state index is 0.605. The molecule has 0 radical (unpaired) electrons. The molecule has 14 heavy (non-hydrogen) atoms. The summed E-state index contributed by atoms with van der Waals surface area (Å²) < 4.78 is 0. The van der Waals surface area contributed by atoms with Gasteiger partial charge in [-0.05, 0) is 24.3 Å². The summed E-state index contributed by atoms with van der Waals surface area (Å²) in [4.78, 5) is 4.37. The molecule has 0 bridgehead atoms. The molecule has 0 aromatic carbocycles. The first kappa shape index (κ1) is 11.8. The third kappa shape index (κ3) is 3.13. The molecule has 1 aliphatic carbocycles. The molecule has 0 saturated heterocycles. The van der Waals surface area contributed by atoms with Gasteiger partial charge in [-0.1, -0.05) is 26.3 Å². The van der Waals surface area contributed by atoms with Crippen LogP contribution in [-0.2, 0) is 0 Å². The molecule has 1 nitrogen and oxygen atoms in total. The van der Waals surface area contributed by atoms with Crippen LogP contribution in [0.5, 0.6) is 0 Å². The molecule has 0 heterocycles. The van der Waals surface area contributed by atoms with Gasteiger partial charge >= 0.3 is 0 Å². The van der Waals surface area contributed by atoms with E-state index in [-0.39, 0.29) is 0 Å². The molecule has 1 rings (SSSR count). The van der Waals surface area contributed by atoms with E-state index in [1.165, 1.54) is 30.5 Å². The lowest BCUT2D eigenvalue weighted by molar-refractivity contribution is 0.695. The van der Waals surface area contributed by atoms with Gasteiger partial charge in [0.1, 0.15) is 0 Å². The summed E-state index contributed by atoms with van der Waals surface area (Å²) in [6.45, 7) is 4.43. The second kappa shape index (κ2) is 5.55. The number of nitrogens with zero attached hydrogens (tertiary/aromatic N) is 1. The van der Waals surface area contributed by atoms with Gasteiger partial charge in [0.25, 0.3) is 0 Å². The van der Waals surface area contributed by atoms with Gasteiger partial charge in [-0.25, -0.2) is 0 Å². The molecule has 0 aliphatic heterocycles. The van der Waals surface area contributed by atoms with E-state index in [2.05, 4.69) is 24.9 Å². The maximum Gasteiger partial charge on any atom is 0.0488 e. The second-order valence-corrected chi connectivity index (χ2v) is 4.36. The molecule has 0 spiro atoms. The minimum Gasteiger partial charge on any atom is -0.292 e. The van der Waals surface area contributed by atoms with Gasteiger partial charge < -0.3 is 0 Å². The van der Waals surface area contributed by atoms with Gasteiger partial charge in [0.15, 0.2) is 0 Å². The van der Waals surface area contributed by atoms with E-state index in [0.29, 0.717) is 17.7 Å². The molecule has 0 N–H and O–H groups in total. The van der Waals surface area contributed by atoms with Crippen LogP contribution in [-0.4, -0.2) is 18.6 Å². The zero-order valence-electron chi connectivity index (χ0n) is 9.39. The first-order valence-corrected chi connectivity index (χ1v) is 6.00. The summed E-state index contributed by atoms with van der Waals surface area (Å²) in [5.74, 6) is 1.92. The van der Waals surface area contributed by atoms with Crippen molar-refractivity contribution in [3.63, 3.8) is 0 Å². The van der Waals surface area contributed by atoms with Gasteiger partial charge in [0.2, 0.25) is 0 Å². The molecule has 1 aliphatic rings. The molecule has 1 unspecified atom stereocenters. The van der Waals surface area contributed by atoms with Crippen LogP contribution in [0.2, 0.25) is 0 Å². The zero-order chi connectivity index (χ0) is 10.6. The first-order chi connectivity index (χ1) is 6.72. The Morgan fingerprint density at radius 2 is 2.21 bits per heavy atom. The Kier molecular flexibility index (Phi) is 4.67. The van der Waals surface area contributed by atoms with Gasteiger partial charge in [-0.15, -0.1) is 11.6 Å². The van der Waals surface area contributed by atoms with Crippen molar-refractivity contribution in [3.05, 3.63) is 11.6 Å². The first-order valence-electron chi connectivity index (χ1n) is 5.46. The van der Waals surface area contributed by atoms with Crippen LogP contribution in [0.3, 0.4) is 0 Å². The molecule has 2 heteroatoms. The van der Waals surface area contributed by atoms with Crippen molar-refractivity contribution in [2.45, 2.75) is 33.1 Å². The number of alkyl halides is 1. The summed E-state index contributed by atoms with van der Waals surface area (Å²) in [6.07, 6.45) is 6.04. The lowest BCUT2D eigenvalue weighted by Gasteiger charge is -2.09. The van der Waals surface area contributed by atoms with E-state index in [1.54, 1.807) is 0 Å². The molecule has 80 valence electrons. The maximum atomic E-state index is 5.96. The van der Waals surface area contributed by atoms with E-state index in [1.807, 2.05) is 7.05 Å². The van der Waals surface area contributed by atoms with Crippen LogP contribution in [0.15, 0.2) is 16.6 Å². The molecule has 0 amide bonds. The second-order valence-electron chi connectivity index (χ2n) is 4.09. The van der Waals surface area contributed by atoms with Crippen molar-refractivity contribution in [1.82, 2.24) is 0 Å². The highest BCUT2D eigenvalue weighted by Gasteiger charge is 2.28. The standard InChI is InChI=1S/C12H20ClN/c1-4-9(2)7-11(8-13)12(14-3)10-5-6-10/h7,9-10H,4-6,8H2,1-3H3/b11-7-,14-12-. The average molecular weight is 214 g/mol. The fourth-order valence-electron chi connectivity index (χ4n) is 1.60. The van der Waals surface area contributed by atoms with E-state index in [4.69, 9.17) is 11.6 Å². The van der Waals surface area contributed by atoms with Crippen LogP contribution in [0, 0.1) is 11.8 Å². The predicted octanol–water partition coefficient (Wildman–Crippen LogP) is 3.68. The van der Waals surface area contributed by atoms with Crippen LogP contribution in [0.25, 0.3) is 0 Å². The van der Waals surface area contributed by atoms with E-state index in [0.717, 1.165) is 0 Å². The summed E-state index contributed by atoms with van der Waals surface area (Å²) in [5.41, 5.74) is 2.51. The predicted molar refractivity (Wildman–Crippen MR) is 64.3 cm³/mol. The fraction of sp³-hybridized carbons (Fsp3) is 0.750. The van der Waals surface area contributed by atoms with Crippen molar-refractivity contribution in [2.75, 3.05) is 12.9 Å². The van der Waals surface area contributed by atoms with Crippen molar-refractivity contribution >= 4 is 17.3 Å². The number of aliphatic imine (C=N–C) groups is 1. The Hall–Kier alpha value is -0.300. The highest BCUT2D eigenvalue weighted by atomic mass is 35.5. The van der Waals surface area contributed by atoms with E-state index >= 15 is 0 Å². The van der Waals surface area contributed by atoms with Gasteiger partial charge in [-0.3, -0.25) is 4.99 Å². The molecule has 1 fully saturated rings. The monoisotopic (exact) mass is 213 g/mol. The Labute approximate surface area is 92.3 Å². The number of rotatable bonds is 5. The molecular formula is C12H20ClN. The van der Waals surface area contributed by atoms with E-state index < -0.39 is 0 Å². The SMILES string of the molecule is CCC(C)/C=C(CCl)\C(=N/C)C1CC1. The number of halogens is 1. The number of hydrogen-bond acceptors (Lipinski definition) is 1. The normalized spacial score (nSPS) is 21.1. The lowest BCUT2D eigenvalue weighted by Crippen LogP contribution is -2.08. The van der Waals surface area contributed by atoms with Crippen molar-refractivity contribution in [3.8, 4) is 0 Å². The Bertz CT molecular complexity index is 239. The number of hydrogen-bond donors (Lipinski definition) is 0. The Morgan fingerprint density at radius 1 is 1.57 bits per heavy atom. The van der Waals surface area contributed by atoms with Crippen molar-refractivity contribution in [2.24, 2.45) is 16.8 Å². The van der Waals surface area contributed by atoms with Gasteiger partial charge in [0, 0.05) is 24.6 Å². The van der Waals surface area contributed by atoms with Gasteiger partial charge in [-0.2, -0.15) is 0 Å². The largest absolute Gasteiger partial charge is 0.292 e. The van der Waals surface area contributed by atoms with Crippen LogP contribution >= 0.6 is 11.6 Å². The van der Waals surface area contributed by atoms with Gasteiger partial charge in [0.05, 0.1) is 0 Å². The maximum absolute atomic E-state index is 5.96. The van der Waals surface area contributed by atoms with Crippen molar-refractivity contribution < 1.29 is 0 Å². The third-order valence-electron chi connectivity index (χ3n) is 2.81. The average Bonchev–Trinajstić information content (AvgIpc) is 3.01. The molecular weight excluding hydrogens is 194 g/mol. The number of allylic oxidation sites excluding steroid dienone is 2. The highest BCUT2D eigenvalue weighted by molar-refractivity contribution is 6.23. The van der Waals surface area contributed by atoms with Crippen LogP contribution in [0.1, 0.15) is 33.1 Å². The fourth-order valence-corrected chi connectivity index (χ4v) is 1.83. The quantitative estimate of drug-likeness (QED) is 0.488. The summed E-state index contributed by atoms with van der Waals surface area (Å²) in [5, 5.41) is 0. The Balaban J connectivity index is 2.72. The van der Waals surface area contributed by atoms with Crippen LogP contribution in [0.4, 0.5) is 0 Å². The highest BCUT2D eigenvalue weighted by Crippen LogP contribution is 2.34. The molecule has 0 aromatic rings. The Morgan fingerprint density at radius 3 is 2.57 bits per heavy atom. The smallest absolute Gasteiger partial charge is 0.0488 e. The molecule has 1 atom stereocenters. The third-order valence-corrected chi connectivity index (χ3v) is 3.10. The zero-order valence-corrected chi connectivity index (χ0v) is 10.1. The molecule has 0 aromatic heterocycles. The van der Waals surface area contributed by atoms with Crippen molar-refractivity contribution in [1.29, 1.82) is 0 Å². The van der Waals surface area contributed by atoms with Crippen LogP contribution < -0.4 is 0 Å². The summed E-state index contributed by atoms with van der Waals surface area (Å²) in [6, 6.07) is 0. The van der Waals surface area contributed by atoms with E-state index in [9.17, 15) is 0 Å².